The molecule has 17 heavy (non-hydrogen) atoms. The van der Waals surface area contributed by atoms with E-state index in [9.17, 15) is 13.6 Å². The highest BCUT2D eigenvalue weighted by atomic mass is 32.2. The Bertz CT molecular complexity index is 613. The van der Waals surface area contributed by atoms with Gasteiger partial charge in [0, 0.05) is 17.7 Å². The van der Waals surface area contributed by atoms with Gasteiger partial charge in [0.25, 0.3) is 5.56 Å². The fourth-order valence-corrected chi connectivity index (χ4v) is 1.76. The van der Waals surface area contributed by atoms with E-state index in [-0.39, 0.29) is 16.8 Å². The summed E-state index contributed by atoms with van der Waals surface area (Å²) in [5, 5.41) is 0.385. The number of benzene rings is 1. The molecular weight excluding hydrogens is 246 g/mol. The number of hydrogen-bond donors (Lipinski definition) is 1. The second-order valence-corrected chi connectivity index (χ2v) is 4.06. The molecule has 0 amide bonds. The fourth-order valence-electron chi connectivity index (χ4n) is 1.37. The predicted molar refractivity (Wildman–Crippen MR) is 62.0 cm³/mol. The lowest BCUT2D eigenvalue weighted by atomic mass is 10.1. The third-order valence-corrected chi connectivity index (χ3v) is 2.70. The first-order valence-electron chi connectivity index (χ1n) is 4.71. The van der Waals surface area contributed by atoms with Gasteiger partial charge in [0.15, 0.2) is 5.16 Å². The monoisotopic (exact) mass is 254 g/mol. The summed E-state index contributed by atoms with van der Waals surface area (Å²) < 4.78 is 26.3. The topological polar surface area (TPSA) is 45.8 Å². The van der Waals surface area contributed by atoms with Gasteiger partial charge in [0.05, 0.1) is 5.69 Å². The zero-order valence-corrected chi connectivity index (χ0v) is 9.65. The normalized spacial score (nSPS) is 10.5. The first-order valence-corrected chi connectivity index (χ1v) is 5.93. The van der Waals surface area contributed by atoms with Crippen LogP contribution in [0.3, 0.4) is 0 Å². The van der Waals surface area contributed by atoms with E-state index in [4.69, 9.17) is 0 Å². The molecule has 0 fully saturated rings. The van der Waals surface area contributed by atoms with Crippen molar-refractivity contribution in [3.05, 3.63) is 46.3 Å². The minimum atomic E-state index is -0.741. The minimum Gasteiger partial charge on any atom is -0.301 e. The maximum absolute atomic E-state index is 13.5. The highest BCUT2D eigenvalue weighted by Gasteiger charge is 2.09. The van der Waals surface area contributed by atoms with E-state index < -0.39 is 11.6 Å². The lowest BCUT2D eigenvalue weighted by Gasteiger charge is -2.03. The standard InChI is InChI=1S/C11H8F2N2OS/c1-17-11-14-9(5-10(16)15-11)7-3-2-6(12)4-8(7)13/h2-5H,1H3,(H,14,15,16). The van der Waals surface area contributed by atoms with Crippen LogP contribution in [0.4, 0.5) is 8.78 Å². The largest absolute Gasteiger partial charge is 0.301 e. The Hall–Kier alpha value is -1.69. The number of aromatic nitrogens is 2. The minimum absolute atomic E-state index is 0.104. The van der Waals surface area contributed by atoms with Gasteiger partial charge in [0.2, 0.25) is 0 Å². The molecule has 0 bridgehead atoms. The number of nitrogens with zero attached hydrogens (tertiary/aromatic N) is 1. The molecule has 1 N–H and O–H groups in total. The van der Waals surface area contributed by atoms with Gasteiger partial charge in [-0.3, -0.25) is 4.79 Å². The van der Waals surface area contributed by atoms with Crippen LogP contribution in [0.1, 0.15) is 0 Å². The summed E-state index contributed by atoms with van der Waals surface area (Å²) in [6, 6.07) is 4.32. The van der Waals surface area contributed by atoms with Crippen molar-refractivity contribution < 1.29 is 8.78 Å². The summed E-state index contributed by atoms with van der Waals surface area (Å²) in [4.78, 5) is 17.9. The quantitative estimate of drug-likeness (QED) is 0.661. The number of thioether (sulfide) groups is 1. The molecule has 1 heterocycles. The van der Waals surface area contributed by atoms with Crippen molar-refractivity contribution in [2.45, 2.75) is 5.16 Å². The molecule has 1 aromatic carbocycles. The van der Waals surface area contributed by atoms with Gasteiger partial charge in [-0.1, -0.05) is 11.8 Å². The second kappa shape index (κ2) is 4.67. The molecule has 6 heteroatoms. The van der Waals surface area contributed by atoms with Gasteiger partial charge >= 0.3 is 0 Å². The summed E-state index contributed by atoms with van der Waals surface area (Å²) in [6.45, 7) is 0. The first kappa shape index (κ1) is 11.8. The summed E-state index contributed by atoms with van der Waals surface area (Å²) in [6.07, 6.45) is 1.74. The van der Waals surface area contributed by atoms with E-state index in [1.807, 2.05) is 0 Å². The molecule has 0 aliphatic heterocycles. The number of H-pyrrole nitrogens is 1. The number of nitrogens with one attached hydrogen (secondary N) is 1. The number of aromatic amines is 1. The van der Waals surface area contributed by atoms with Gasteiger partial charge in [-0.25, -0.2) is 13.8 Å². The van der Waals surface area contributed by atoms with Crippen molar-refractivity contribution in [3.8, 4) is 11.3 Å². The van der Waals surface area contributed by atoms with Crippen molar-refractivity contribution in [1.82, 2.24) is 9.97 Å². The Kier molecular flexibility index (Phi) is 3.23. The smallest absolute Gasteiger partial charge is 0.252 e. The Balaban J connectivity index is 2.60. The molecule has 0 saturated carbocycles. The first-order chi connectivity index (χ1) is 8.10. The second-order valence-electron chi connectivity index (χ2n) is 3.26. The maximum atomic E-state index is 13.5. The summed E-state index contributed by atoms with van der Waals surface area (Å²) in [7, 11) is 0. The van der Waals surface area contributed by atoms with Crippen LogP contribution in [0.2, 0.25) is 0 Å². The van der Waals surface area contributed by atoms with Crippen LogP contribution < -0.4 is 5.56 Å². The summed E-state index contributed by atoms with van der Waals surface area (Å²) in [5.41, 5.74) is -0.0773. The van der Waals surface area contributed by atoms with Crippen LogP contribution in [-0.4, -0.2) is 16.2 Å². The highest BCUT2D eigenvalue weighted by Crippen LogP contribution is 2.21. The van der Waals surface area contributed by atoms with E-state index in [1.165, 1.54) is 23.9 Å². The lowest BCUT2D eigenvalue weighted by Crippen LogP contribution is -2.08. The Morgan fingerprint density at radius 1 is 1.29 bits per heavy atom. The number of halogens is 2. The highest BCUT2D eigenvalue weighted by molar-refractivity contribution is 7.98. The van der Waals surface area contributed by atoms with E-state index in [2.05, 4.69) is 9.97 Å². The fraction of sp³-hybridized carbons (Fsp3) is 0.0909. The van der Waals surface area contributed by atoms with Crippen LogP contribution in [0.15, 0.2) is 34.2 Å². The molecule has 0 aliphatic carbocycles. The molecule has 0 atom stereocenters. The molecule has 0 aliphatic rings. The van der Waals surface area contributed by atoms with Crippen molar-refractivity contribution in [3.63, 3.8) is 0 Å². The Labute approximate surface area is 99.9 Å². The van der Waals surface area contributed by atoms with Gasteiger partial charge in [-0.15, -0.1) is 0 Å². The van der Waals surface area contributed by atoms with Crippen molar-refractivity contribution in [2.24, 2.45) is 0 Å². The van der Waals surface area contributed by atoms with Gasteiger partial charge in [-0.05, 0) is 18.4 Å². The van der Waals surface area contributed by atoms with Crippen LogP contribution >= 0.6 is 11.8 Å². The van der Waals surface area contributed by atoms with Gasteiger partial charge in [0.1, 0.15) is 11.6 Å². The molecule has 2 aromatic rings. The predicted octanol–water partition coefficient (Wildman–Crippen LogP) is 2.44. The molecule has 1 aromatic heterocycles. The van der Waals surface area contributed by atoms with E-state index in [0.29, 0.717) is 5.16 Å². The van der Waals surface area contributed by atoms with E-state index in [0.717, 1.165) is 12.1 Å². The summed E-state index contributed by atoms with van der Waals surface area (Å²) >= 11 is 1.24. The van der Waals surface area contributed by atoms with Gasteiger partial charge in [-0.2, -0.15) is 0 Å². The van der Waals surface area contributed by atoms with E-state index >= 15 is 0 Å². The van der Waals surface area contributed by atoms with Crippen LogP contribution in [-0.2, 0) is 0 Å². The van der Waals surface area contributed by atoms with E-state index in [1.54, 1.807) is 6.26 Å². The van der Waals surface area contributed by atoms with Crippen LogP contribution in [0.5, 0.6) is 0 Å². The molecule has 88 valence electrons. The lowest BCUT2D eigenvalue weighted by molar-refractivity contribution is 0.585. The summed E-state index contributed by atoms with van der Waals surface area (Å²) in [5.74, 6) is -1.41. The molecule has 0 spiro atoms. The zero-order valence-electron chi connectivity index (χ0n) is 8.83. The molecular formula is C11H8F2N2OS. The van der Waals surface area contributed by atoms with Crippen molar-refractivity contribution in [2.75, 3.05) is 6.26 Å². The van der Waals surface area contributed by atoms with Crippen LogP contribution in [0.25, 0.3) is 11.3 Å². The SMILES string of the molecule is CSc1nc(-c2ccc(F)cc2F)cc(=O)[nH]1. The van der Waals surface area contributed by atoms with Crippen molar-refractivity contribution >= 4 is 11.8 Å². The Morgan fingerprint density at radius 2 is 2.06 bits per heavy atom. The molecule has 2 rings (SSSR count). The Morgan fingerprint density at radius 3 is 2.71 bits per heavy atom. The number of rotatable bonds is 2. The molecule has 3 nitrogen and oxygen atoms in total. The average Bonchev–Trinajstić information content (AvgIpc) is 2.28. The van der Waals surface area contributed by atoms with Crippen molar-refractivity contribution in [1.29, 1.82) is 0 Å². The molecule has 0 saturated heterocycles. The average molecular weight is 254 g/mol. The molecule has 0 radical (unpaired) electrons. The number of hydrogen-bond acceptors (Lipinski definition) is 3. The third-order valence-electron chi connectivity index (χ3n) is 2.12. The molecule has 0 unspecified atom stereocenters. The third kappa shape index (κ3) is 2.52. The van der Waals surface area contributed by atoms with Crippen LogP contribution in [0, 0.1) is 11.6 Å². The van der Waals surface area contributed by atoms with Gasteiger partial charge < -0.3 is 4.98 Å². The zero-order chi connectivity index (χ0) is 12.4. The maximum Gasteiger partial charge on any atom is 0.252 e.